The topological polar surface area (TPSA) is 43.9 Å². The fraction of sp³-hybridized carbons (Fsp3) is 0.500. The van der Waals surface area contributed by atoms with Crippen LogP contribution in [0.5, 0.6) is 0 Å². The van der Waals surface area contributed by atoms with E-state index in [2.05, 4.69) is 24.0 Å². The minimum absolute atomic E-state index is 0.0673. The number of likely N-dealkylation sites (N-methyl/N-ethyl adjacent to an activating group) is 2. The van der Waals surface area contributed by atoms with Crippen molar-refractivity contribution in [2.24, 2.45) is 0 Å². The molecule has 1 atom stereocenters. The summed E-state index contributed by atoms with van der Waals surface area (Å²) in [4.78, 5) is 29.6. The van der Waals surface area contributed by atoms with E-state index in [4.69, 9.17) is 0 Å². The third-order valence-corrected chi connectivity index (χ3v) is 4.90. The Kier molecular flexibility index (Phi) is 3.24. The van der Waals surface area contributed by atoms with Gasteiger partial charge < -0.3 is 4.90 Å². The van der Waals surface area contributed by atoms with Gasteiger partial charge in [0.1, 0.15) is 5.54 Å². The van der Waals surface area contributed by atoms with Gasteiger partial charge in [-0.3, -0.25) is 14.6 Å². The van der Waals surface area contributed by atoms with Gasteiger partial charge >= 0.3 is 6.03 Å². The number of hydrogen-bond donors (Lipinski definition) is 0. The molecular weight excluding hydrogens is 266 g/mol. The van der Waals surface area contributed by atoms with E-state index in [1.54, 1.807) is 19.0 Å². The molecule has 2 saturated heterocycles. The molecule has 112 valence electrons. The average molecular weight is 287 g/mol. The molecule has 5 heteroatoms. The second-order valence-electron chi connectivity index (χ2n) is 6.12. The number of amides is 3. The van der Waals surface area contributed by atoms with Crippen LogP contribution in [-0.2, 0) is 11.3 Å². The molecule has 5 nitrogen and oxygen atoms in total. The molecule has 0 radical (unpaired) electrons. The first-order valence-corrected chi connectivity index (χ1v) is 7.28. The number of benzene rings is 1. The highest BCUT2D eigenvalue weighted by molar-refractivity contribution is 6.07. The number of imide groups is 1. The van der Waals surface area contributed by atoms with Crippen LogP contribution in [-0.4, -0.2) is 59.4 Å². The molecule has 1 unspecified atom stereocenters. The fourth-order valence-electron chi connectivity index (χ4n) is 3.43. The lowest BCUT2D eigenvalue weighted by molar-refractivity contribution is -0.131. The van der Waals surface area contributed by atoms with E-state index >= 15 is 0 Å². The van der Waals surface area contributed by atoms with Crippen LogP contribution in [0, 0.1) is 6.92 Å². The Labute approximate surface area is 125 Å². The Bertz CT molecular complexity index is 601. The SMILES string of the molecule is Cc1ccccc1CN1CCC2(C1)C(=O)N(C)C(=O)N2C. The lowest BCUT2D eigenvalue weighted by Crippen LogP contribution is -2.49. The van der Waals surface area contributed by atoms with E-state index < -0.39 is 5.54 Å². The van der Waals surface area contributed by atoms with E-state index in [-0.39, 0.29) is 11.9 Å². The maximum atomic E-state index is 12.5. The number of rotatable bonds is 2. The molecule has 0 aliphatic carbocycles. The summed E-state index contributed by atoms with van der Waals surface area (Å²) >= 11 is 0. The quantitative estimate of drug-likeness (QED) is 0.774. The number of aryl methyl sites for hydroxylation is 1. The third kappa shape index (κ3) is 2.03. The van der Waals surface area contributed by atoms with Crippen LogP contribution in [0.2, 0.25) is 0 Å². The van der Waals surface area contributed by atoms with Gasteiger partial charge in [-0.1, -0.05) is 24.3 Å². The van der Waals surface area contributed by atoms with Crippen LogP contribution in [0.4, 0.5) is 4.79 Å². The van der Waals surface area contributed by atoms with Gasteiger partial charge in [0.15, 0.2) is 0 Å². The predicted octanol–water partition coefficient (Wildman–Crippen LogP) is 1.46. The Balaban J connectivity index is 1.78. The number of hydrogen-bond acceptors (Lipinski definition) is 3. The van der Waals surface area contributed by atoms with Crippen LogP contribution >= 0.6 is 0 Å². The summed E-state index contributed by atoms with van der Waals surface area (Å²) in [5.74, 6) is -0.0673. The van der Waals surface area contributed by atoms with Crippen molar-refractivity contribution in [1.29, 1.82) is 0 Å². The van der Waals surface area contributed by atoms with Gasteiger partial charge in [0.05, 0.1) is 0 Å². The molecule has 1 aromatic rings. The van der Waals surface area contributed by atoms with Crippen LogP contribution < -0.4 is 0 Å². The summed E-state index contributed by atoms with van der Waals surface area (Å²) in [5, 5.41) is 0. The second-order valence-corrected chi connectivity index (χ2v) is 6.12. The van der Waals surface area contributed by atoms with E-state index in [1.807, 2.05) is 12.1 Å². The zero-order valence-corrected chi connectivity index (χ0v) is 12.8. The van der Waals surface area contributed by atoms with E-state index in [9.17, 15) is 9.59 Å². The molecule has 0 aromatic heterocycles. The van der Waals surface area contributed by atoms with Gasteiger partial charge in [-0.2, -0.15) is 0 Å². The maximum Gasteiger partial charge on any atom is 0.327 e. The minimum atomic E-state index is -0.658. The number of likely N-dealkylation sites (tertiary alicyclic amines) is 1. The Morgan fingerprint density at radius 2 is 1.90 bits per heavy atom. The van der Waals surface area contributed by atoms with Gasteiger partial charge in [-0.05, 0) is 24.5 Å². The van der Waals surface area contributed by atoms with Gasteiger partial charge in [-0.25, -0.2) is 4.79 Å². The van der Waals surface area contributed by atoms with E-state index in [0.717, 1.165) is 13.1 Å². The summed E-state index contributed by atoms with van der Waals surface area (Å²) in [6, 6.07) is 8.10. The van der Waals surface area contributed by atoms with Gasteiger partial charge in [-0.15, -0.1) is 0 Å². The van der Waals surface area contributed by atoms with Crippen molar-refractivity contribution in [1.82, 2.24) is 14.7 Å². The zero-order chi connectivity index (χ0) is 15.2. The summed E-state index contributed by atoms with van der Waals surface area (Å²) in [7, 11) is 3.31. The largest absolute Gasteiger partial charge is 0.327 e. The summed E-state index contributed by atoms with van der Waals surface area (Å²) in [5.41, 5.74) is 1.88. The first-order valence-electron chi connectivity index (χ1n) is 7.28. The van der Waals surface area contributed by atoms with E-state index in [1.165, 1.54) is 16.0 Å². The standard InChI is InChI=1S/C16H21N3O2/c1-12-6-4-5-7-13(12)10-19-9-8-16(11-19)14(20)17(2)15(21)18(16)3/h4-7H,8-11H2,1-3H3. The molecule has 0 bridgehead atoms. The summed E-state index contributed by atoms with van der Waals surface area (Å²) in [6.45, 7) is 4.39. The molecule has 2 aliphatic heterocycles. The highest BCUT2D eigenvalue weighted by atomic mass is 16.2. The molecule has 2 heterocycles. The molecule has 3 rings (SSSR count). The van der Waals surface area contributed by atoms with Gasteiger partial charge in [0.25, 0.3) is 5.91 Å². The first-order chi connectivity index (χ1) is 9.95. The van der Waals surface area contributed by atoms with Crippen molar-refractivity contribution in [2.45, 2.75) is 25.4 Å². The average Bonchev–Trinajstić information content (AvgIpc) is 2.96. The third-order valence-electron chi connectivity index (χ3n) is 4.90. The van der Waals surface area contributed by atoms with Crippen LogP contribution in [0.15, 0.2) is 24.3 Å². The number of urea groups is 1. The Morgan fingerprint density at radius 1 is 1.19 bits per heavy atom. The van der Waals surface area contributed by atoms with Crippen molar-refractivity contribution in [2.75, 3.05) is 27.2 Å². The van der Waals surface area contributed by atoms with Gasteiger partial charge in [0, 0.05) is 33.7 Å². The molecule has 0 saturated carbocycles. The van der Waals surface area contributed by atoms with E-state index in [0.29, 0.717) is 13.0 Å². The molecule has 2 aliphatic rings. The smallest absolute Gasteiger partial charge is 0.311 e. The lowest BCUT2D eigenvalue weighted by Gasteiger charge is -2.28. The van der Waals surface area contributed by atoms with Crippen molar-refractivity contribution < 1.29 is 9.59 Å². The van der Waals surface area contributed by atoms with Crippen molar-refractivity contribution >= 4 is 11.9 Å². The number of carbonyl (C=O) groups is 2. The number of carbonyl (C=O) groups excluding carboxylic acids is 2. The normalized spacial score (nSPS) is 26.4. The van der Waals surface area contributed by atoms with Crippen molar-refractivity contribution in [3.8, 4) is 0 Å². The van der Waals surface area contributed by atoms with Gasteiger partial charge in [0.2, 0.25) is 0 Å². The summed E-state index contributed by atoms with van der Waals surface area (Å²) in [6.07, 6.45) is 0.713. The predicted molar refractivity (Wildman–Crippen MR) is 79.7 cm³/mol. The zero-order valence-electron chi connectivity index (χ0n) is 12.8. The fourth-order valence-corrected chi connectivity index (χ4v) is 3.43. The highest BCUT2D eigenvalue weighted by Crippen LogP contribution is 2.35. The lowest BCUT2D eigenvalue weighted by atomic mass is 9.97. The van der Waals surface area contributed by atoms with Crippen LogP contribution in [0.25, 0.3) is 0 Å². The van der Waals surface area contributed by atoms with Crippen molar-refractivity contribution in [3.05, 3.63) is 35.4 Å². The minimum Gasteiger partial charge on any atom is -0.311 e. The monoisotopic (exact) mass is 287 g/mol. The maximum absolute atomic E-state index is 12.5. The molecule has 1 spiro atoms. The highest BCUT2D eigenvalue weighted by Gasteiger charge is 2.57. The Hall–Kier alpha value is -1.88. The Morgan fingerprint density at radius 3 is 2.52 bits per heavy atom. The molecule has 3 amide bonds. The number of nitrogens with zero attached hydrogens (tertiary/aromatic N) is 3. The molecule has 21 heavy (non-hydrogen) atoms. The van der Waals surface area contributed by atoms with Crippen LogP contribution in [0.3, 0.4) is 0 Å². The molecule has 0 N–H and O–H groups in total. The molecule has 2 fully saturated rings. The second kappa shape index (κ2) is 4.84. The first kappa shape index (κ1) is 14.1. The molecular formula is C16H21N3O2. The molecule has 1 aromatic carbocycles. The van der Waals surface area contributed by atoms with Crippen LogP contribution in [0.1, 0.15) is 17.5 Å². The van der Waals surface area contributed by atoms with Crippen molar-refractivity contribution in [3.63, 3.8) is 0 Å². The summed E-state index contributed by atoms with van der Waals surface area (Å²) < 4.78 is 0.